The Morgan fingerprint density at radius 2 is 2.04 bits per heavy atom. The number of anilines is 1. The van der Waals surface area contributed by atoms with Gasteiger partial charge in [0.05, 0.1) is 23.9 Å². The third-order valence-electron chi connectivity index (χ3n) is 6.54. The first-order valence-electron chi connectivity index (χ1n) is 9.49. The number of nitriles is 1. The molecular weight excluding hydrogens is 459 g/mol. The summed E-state index contributed by atoms with van der Waals surface area (Å²) in [7, 11) is 0. The lowest BCUT2D eigenvalue weighted by Crippen LogP contribution is -2.33. The van der Waals surface area contributed by atoms with Crippen molar-refractivity contribution in [1.82, 2.24) is 19.5 Å². The minimum absolute atomic E-state index is 0.0766. The Morgan fingerprint density at radius 3 is 2.74 bits per heavy atom. The number of nitrogens with one attached hydrogen (secondary N) is 1. The highest BCUT2D eigenvalue weighted by molar-refractivity contribution is 14.1. The fourth-order valence-electron chi connectivity index (χ4n) is 5.00. The summed E-state index contributed by atoms with van der Waals surface area (Å²) in [5.41, 5.74) is 0.492. The van der Waals surface area contributed by atoms with Crippen molar-refractivity contribution >= 4 is 39.6 Å². The van der Waals surface area contributed by atoms with Gasteiger partial charge in [-0.2, -0.15) is 5.26 Å². The summed E-state index contributed by atoms with van der Waals surface area (Å²) in [5.74, 6) is 0.651. The molecule has 3 fully saturated rings. The summed E-state index contributed by atoms with van der Waals surface area (Å²) in [6, 6.07) is 2.23. The van der Waals surface area contributed by atoms with Crippen molar-refractivity contribution in [3.05, 3.63) is 10.2 Å². The largest absolute Gasteiger partial charge is 0.389 e. The van der Waals surface area contributed by atoms with Crippen LogP contribution in [0, 0.1) is 26.5 Å². The van der Waals surface area contributed by atoms with Gasteiger partial charge in [-0.15, -0.1) is 0 Å². The Bertz CT molecular complexity index is 936. The molecule has 8 nitrogen and oxygen atoms in total. The second kappa shape index (κ2) is 6.25. The van der Waals surface area contributed by atoms with E-state index in [-0.39, 0.29) is 5.92 Å². The molecule has 2 aromatic rings. The second-order valence-corrected chi connectivity index (χ2v) is 9.00. The predicted molar refractivity (Wildman–Crippen MR) is 106 cm³/mol. The van der Waals surface area contributed by atoms with Crippen LogP contribution in [0.3, 0.4) is 0 Å². The Kier molecular flexibility index (Phi) is 4.07. The molecule has 0 aromatic carbocycles. The zero-order valence-corrected chi connectivity index (χ0v) is 16.9. The maximum absolute atomic E-state index is 10.6. The molecule has 5 rings (SSSR count). The molecule has 2 aromatic heterocycles. The number of fused-ring (bicyclic) bond motifs is 2. The Morgan fingerprint density at radius 1 is 1.26 bits per heavy atom. The fraction of sp³-hybridized carbons (Fsp3) is 0.667. The summed E-state index contributed by atoms with van der Waals surface area (Å²) in [6.07, 6.45) is 6.22. The van der Waals surface area contributed by atoms with E-state index in [4.69, 9.17) is 0 Å². The molecule has 142 valence electrons. The number of imidazole rings is 1. The number of rotatable bonds is 3. The third-order valence-corrected chi connectivity index (χ3v) is 7.02. The number of halogens is 1. The molecule has 3 saturated carbocycles. The molecule has 0 amide bonds. The van der Waals surface area contributed by atoms with Crippen molar-refractivity contribution in [3.63, 3.8) is 0 Å². The first-order valence-corrected chi connectivity index (χ1v) is 10.6. The van der Waals surface area contributed by atoms with Crippen molar-refractivity contribution in [2.24, 2.45) is 11.3 Å². The van der Waals surface area contributed by atoms with Crippen molar-refractivity contribution < 1.29 is 10.2 Å². The monoisotopic (exact) mass is 480 g/mol. The highest BCUT2D eigenvalue weighted by Gasteiger charge is 2.72. The zero-order chi connectivity index (χ0) is 18.8. The van der Waals surface area contributed by atoms with Crippen LogP contribution in [0.4, 0.5) is 5.82 Å². The van der Waals surface area contributed by atoms with Gasteiger partial charge in [-0.05, 0) is 19.3 Å². The van der Waals surface area contributed by atoms with Crippen LogP contribution in [0.1, 0.15) is 44.6 Å². The van der Waals surface area contributed by atoms with Crippen molar-refractivity contribution in [3.8, 4) is 6.07 Å². The molecule has 3 N–H and O–H groups in total. The van der Waals surface area contributed by atoms with Gasteiger partial charge in [-0.3, -0.25) is 0 Å². The Hall–Kier alpha value is -1.51. The van der Waals surface area contributed by atoms with Gasteiger partial charge >= 0.3 is 0 Å². The highest BCUT2D eigenvalue weighted by Crippen LogP contribution is 2.67. The zero-order valence-electron chi connectivity index (χ0n) is 14.7. The first-order chi connectivity index (χ1) is 13.0. The molecule has 9 heteroatoms. The maximum Gasteiger partial charge on any atom is 0.194 e. The lowest BCUT2D eigenvalue weighted by Gasteiger charge is -2.24. The Balaban J connectivity index is 1.53. The fourth-order valence-corrected chi connectivity index (χ4v) is 5.47. The van der Waals surface area contributed by atoms with Crippen LogP contribution in [-0.4, -0.2) is 48.0 Å². The Labute approximate surface area is 170 Å². The van der Waals surface area contributed by atoms with E-state index >= 15 is 0 Å². The summed E-state index contributed by atoms with van der Waals surface area (Å²) < 4.78 is 2.44. The van der Waals surface area contributed by atoms with Gasteiger partial charge in [-0.25, -0.2) is 15.0 Å². The van der Waals surface area contributed by atoms with E-state index < -0.39 is 23.7 Å². The molecular formula is C18H21IN6O2. The quantitative estimate of drug-likeness (QED) is 0.454. The standard InChI is InChI=1S/C18H21IN6O2/c19-17-23-15(22-9-4-2-1-3-5-9)11-16(24-17)25(8-21-11)12-10-6-18(10,7-20)14(27)13(12)26/h8-10,12-14,26-27H,1-6H2,(H,22,23,24)/t10-,12-,13+,14+,18+/m1/s1. The van der Waals surface area contributed by atoms with E-state index in [0.717, 1.165) is 18.7 Å². The average molecular weight is 480 g/mol. The van der Waals surface area contributed by atoms with Crippen LogP contribution in [0.25, 0.3) is 11.2 Å². The number of nitrogens with zero attached hydrogens (tertiary/aromatic N) is 5. The van der Waals surface area contributed by atoms with Crippen LogP contribution in [0.2, 0.25) is 0 Å². The molecule has 27 heavy (non-hydrogen) atoms. The molecule has 3 aliphatic rings. The lowest BCUT2D eigenvalue weighted by molar-refractivity contribution is -0.00676. The van der Waals surface area contributed by atoms with Crippen molar-refractivity contribution in [2.45, 2.75) is 62.8 Å². The number of aliphatic hydroxyl groups is 2. The summed E-state index contributed by atoms with van der Waals surface area (Å²) >= 11 is 2.09. The molecule has 0 aliphatic heterocycles. The smallest absolute Gasteiger partial charge is 0.194 e. The van der Waals surface area contributed by atoms with Gasteiger partial charge in [0.2, 0.25) is 0 Å². The van der Waals surface area contributed by atoms with Gasteiger partial charge in [0.25, 0.3) is 0 Å². The van der Waals surface area contributed by atoms with Gasteiger partial charge in [-0.1, -0.05) is 19.3 Å². The van der Waals surface area contributed by atoms with E-state index in [0.29, 0.717) is 27.5 Å². The second-order valence-electron chi connectivity index (χ2n) is 8.03. The number of aromatic nitrogens is 4. The van der Waals surface area contributed by atoms with E-state index in [1.165, 1.54) is 19.3 Å². The highest BCUT2D eigenvalue weighted by atomic mass is 127. The van der Waals surface area contributed by atoms with Crippen LogP contribution in [-0.2, 0) is 0 Å². The molecule has 0 radical (unpaired) electrons. The molecule has 0 unspecified atom stereocenters. The molecule has 2 heterocycles. The summed E-state index contributed by atoms with van der Waals surface area (Å²) in [4.78, 5) is 13.6. The minimum atomic E-state index is -1.03. The summed E-state index contributed by atoms with van der Waals surface area (Å²) in [6.45, 7) is 0. The molecule has 0 bridgehead atoms. The van der Waals surface area contributed by atoms with Gasteiger partial charge in [0, 0.05) is 34.6 Å². The number of hydrogen-bond donors (Lipinski definition) is 3. The number of hydrogen-bond acceptors (Lipinski definition) is 7. The van der Waals surface area contributed by atoms with E-state index in [1.807, 2.05) is 4.57 Å². The molecule has 3 aliphatic carbocycles. The number of aliphatic hydroxyl groups excluding tert-OH is 2. The van der Waals surface area contributed by atoms with Gasteiger partial charge < -0.3 is 20.1 Å². The predicted octanol–water partition coefficient (Wildman–Crippen LogP) is 1.98. The topological polar surface area (TPSA) is 120 Å². The first kappa shape index (κ1) is 17.6. The lowest BCUT2D eigenvalue weighted by atomic mass is 9.95. The van der Waals surface area contributed by atoms with Crippen LogP contribution >= 0.6 is 22.6 Å². The third kappa shape index (κ3) is 2.57. The van der Waals surface area contributed by atoms with E-state index in [1.54, 1.807) is 6.33 Å². The van der Waals surface area contributed by atoms with Crippen LogP contribution < -0.4 is 5.32 Å². The summed E-state index contributed by atoms with van der Waals surface area (Å²) in [5, 5.41) is 34.0. The van der Waals surface area contributed by atoms with E-state index in [9.17, 15) is 15.5 Å². The SMILES string of the molecule is N#C[C@@]12C[C@@H]1[C@@H](n1cnc3c(NC4CCCCC4)nc(I)nc31)[C@H](O)[C@@H]2O. The van der Waals surface area contributed by atoms with Crippen LogP contribution in [0.15, 0.2) is 6.33 Å². The normalized spacial score (nSPS) is 35.8. The van der Waals surface area contributed by atoms with Gasteiger partial charge in [0.1, 0.15) is 12.2 Å². The average Bonchev–Trinajstić information content (AvgIpc) is 3.19. The molecule has 0 saturated heterocycles. The molecule has 0 spiro atoms. The maximum atomic E-state index is 10.6. The minimum Gasteiger partial charge on any atom is -0.389 e. The van der Waals surface area contributed by atoms with Crippen LogP contribution in [0.5, 0.6) is 0 Å². The van der Waals surface area contributed by atoms with Crippen molar-refractivity contribution in [1.29, 1.82) is 5.26 Å². The van der Waals surface area contributed by atoms with Crippen molar-refractivity contribution in [2.75, 3.05) is 5.32 Å². The van der Waals surface area contributed by atoms with Gasteiger partial charge in [0.15, 0.2) is 20.8 Å². The molecule has 5 atom stereocenters. The van der Waals surface area contributed by atoms with E-state index in [2.05, 4.69) is 48.9 Å².